The van der Waals surface area contributed by atoms with E-state index in [-0.39, 0.29) is 22.3 Å². The molecule has 2 nitrogen and oxygen atoms in total. The van der Waals surface area contributed by atoms with Crippen LogP contribution in [0.5, 0.6) is 0 Å². The minimum absolute atomic E-state index is 0.0691. The van der Waals surface area contributed by atoms with E-state index >= 15 is 0 Å². The molecule has 0 aliphatic carbocycles. The van der Waals surface area contributed by atoms with E-state index in [0.29, 0.717) is 4.98 Å². The molecule has 2 rings (SSSR count). The number of nitrogen functional groups attached to an aromatic ring is 1. The van der Waals surface area contributed by atoms with Crippen molar-refractivity contribution in [1.82, 2.24) is 4.98 Å². The standard InChI is InChI=1S/C8H8N2/c9-7-2-1-3-8-6(7)4-5-10-8/h1-5,10H,9H2/i1D,2D,3D,4D,5D/hD3. The monoisotopic (exact) mass is 140 g/mol. The molecule has 0 atom stereocenters. The van der Waals surface area contributed by atoms with Gasteiger partial charge in [0, 0.05) is 22.8 Å². The van der Waals surface area contributed by atoms with Crippen LogP contribution in [0.3, 0.4) is 0 Å². The van der Waals surface area contributed by atoms with E-state index in [9.17, 15) is 0 Å². The summed E-state index contributed by atoms with van der Waals surface area (Å²) in [7, 11) is 0. The van der Waals surface area contributed by atoms with E-state index in [4.69, 9.17) is 11.1 Å². The third-order valence-corrected chi connectivity index (χ3v) is 1.18. The highest BCUT2D eigenvalue weighted by atomic mass is 14.7. The van der Waals surface area contributed by atoms with Crippen LogP contribution in [0.1, 0.15) is 6.85 Å². The van der Waals surface area contributed by atoms with Gasteiger partial charge in [0.2, 0.25) is 0 Å². The van der Waals surface area contributed by atoms with Crippen LogP contribution in [0.25, 0.3) is 10.9 Å². The first-order chi connectivity index (χ1) is 8.29. The fourth-order valence-corrected chi connectivity index (χ4v) is 0.729. The van der Waals surface area contributed by atoms with Gasteiger partial charge in [-0.25, -0.2) is 0 Å². The summed E-state index contributed by atoms with van der Waals surface area (Å²) in [6, 6.07) is -1.95. The van der Waals surface area contributed by atoms with Crippen molar-refractivity contribution in [3.63, 3.8) is 0 Å². The predicted molar refractivity (Wildman–Crippen MR) is 42.7 cm³/mol. The number of aromatic amines is 1. The highest BCUT2D eigenvalue weighted by Gasteiger charge is 1.94. The Kier molecular flexibility index (Phi) is 0.281. The quantitative estimate of drug-likeness (QED) is 0.582. The van der Waals surface area contributed by atoms with Crippen LogP contribution in [0, 0.1) is 0 Å². The van der Waals surface area contributed by atoms with Gasteiger partial charge in [0.25, 0.3) is 0 Å². The highest BCUT2D eigenvalue weighted by molar-refractivity contribution is 5.90. The average Bonchev–Trinajstić information content (AvgIpc) is 2.51. The van der Waals surface area contributed by atoms with E-state index in [1.807, 2.05) is 0 Å². The molecule has 1 heterocycles. The number of aromatic nitrogens is 1. The molecule has 2 aromatic rings. The van der Waals surface area contributed by atoms with Crippen molar-refractivity contribution >= 4 is 16.6 Å². The number of nitrogens with two attached hydrogens (primary N) is 1. The number of fused-ring (bicyclic) bond motifs is 1. The maximum Gasteiger partial charge on any atom is 0.166 e. The summed E-state index contributed by atoms with van der Waals surface area (Å²) in [4.78, 5) is 0.504. The molecule has 0 amide bonds. The molecule has 3 N–H and O–H groups in total. The maximum absolute atomic E-state index is 7.66. The maximum atomic E-state index is 7.66. The van der Waals surface area contributed by atoms with Gasteiger partial charge in [-0.15, -0.1) is 0 Å². The predicted octanol–water partition coefficient (Wildman–Crippen LogP) is 1.75. The van der Waals surface area contributed by atoms with Gasteiger partial charge in [-0.3, -0.25) is 0 Å². The second kappa shape index (κ2) is 1.77. The molecule has 0 radical (unpaired) electrons. The third kappa shape index (κ3) is 0.589. The molecule has 0 unspecified atom stereocenters. The first kappa shape index (κ1) is 1.59. The molecule has 0 fully saturated rings. The number of H-pyrrole nitrogens is 1. The average molecular weight is 140 g/mol. The zero-order valence-corrected chi connectivity index (χ0v) is 4.89. The van der Waals surface area contributed by atoms with Gasteiger partial charge in [-0.2, -0.15) is 0 Å². The van der Waals surface area contributed by atoms with Gasteiger partial charge < -0.3 is 10.7 Å². The Balaban J connectivity index is 3.13. The number of benzene rings is 1. The molecular formula is C8H8N2. The molecular weight excluding hydrogens is 124 g/mol. The van der Waals surface area contributed by atoms with Crippen molar-refractivity contribution < 1.29 is 11.1 Å². The highest BCUT2D eigenvalue weighted by Crippen LogP contribution is 2.18. The van der Waals surface area contributed by atoms with Crippen LogP contribution in [-0.4, -0.2) is 4.98 Å². The lowest BCUT2D eigenvalue weighted by Crippen LogP contribution is -1.82. The molecule has 1 aromatic heterocycles. The number of hydrogen-bond donors (Lipinski definition) is 2. The SMILES string of the molecule is [2H]c1c([2H])c([2H])c2c(c([2H])c([2H])n2[2H])c1N([2H])[2H]. The summed E-state index contributed by atoms with van der Waals surface area (Å²) in [6.07, 6.45) is -0.508. The largest absolute Gasteiger partial charge is 0.398 e. The number of anilines is 1. The number of nitrogens with one attached hydrogen (secondary N) is 1. The van der Waals surface area contributed by atoms with Gasteiger partial charge in [-0.1, -0.05) is 6.04 Å². The van der Waals surface area contributed by atoms with Crippen LogP contribution < -0.4 is 5.72 Å². The fourth-order valence-electron chi connectivity index (χ4n) is 0.729. The van der Waals surface area contributed by atoms with E-state index in [2.05, 4.69) is 0 Å². The smallest absolute Gasteiger partial charge is 0.166 e. The van der Waals surface area contributed by atoms with Crippen LogP contribution in [0.15, 0.2) is 30.3 Å². The Morgan fingerprint density at radius 2 is 2.60 bits per heavy atom. The summed E-state index contributed by atoms with van der Waals surface area (Å²) in [5, 5.41) is -0.161. The molecule has 0 spiro atoms. The van der Waals surface area contributed by atoms with Gasteiger partial charge in [0.05, 0.1) is 6.85 Å². The lowest BCUT2D eigenvalue weighted by Gasteiger charge is -1.92. The Morgan fingerprint density at radius 3 is 3.50 bits per heavy atom. The Bertz CT molecular complexity index is 647. The van der Waals surface area contributed by atoms with Crippen LogP contribution in [0.2, 0.25) is 4.24 Å². The molecule has 2 heteroatoms. The minimum Gasteiger partial charge on any atom is -0.398 e. The van der Waals surface area contributed by atoms with Gasteiger partial charge in [-0.05, 0) is 18.1 Å². The molecule has 0 aliphatic rings. The number of rotatable bonds is 1. The lowest BCUT2D eigenvalue weighted by molar-refractivity contribution is 1.48. The van der Waals surface area contributed by atoms with E-state index in [1.165, 1.54) is 0 Å². The molecule has 1 aromatic carbocycles. The lowest BCUT2D eigenvalue weighted by atomic mass is 10.2. The topological polar surface area (TPSA) is 41.8 Å². The van der Waals surface area contributed by atoms with Crippen molar-refractivity contribution in [2.45, 2.75) is 0 Å². The molecule has 0 aliphatic heterocycles. The molecule has 0 saturated heterocycles. The van der Waals surface area contributed by atoms with Gasteiger partial charge in [0.1, 0.15) is 0 Å². The molecule has 0 bridgehead atoms. The summed E-state index contributed by atoms with van der Waals surface area (Å²) in [6.45, 7) is 0. The van der Waals surface area contributed by atoms with E-state index < -0.39 is 30.3 Å². The van der Waals surface area contributed by atoms with Crippen molar-refractivity contribution in [2.75, 3.05) is 5.72 Å². The summed E-state index contributed by atoms with van der Waals surface area (Å²) in [5.74, 6) is 0. The van der Waals surface area contributed by atoms with Crippen LogP contribution in [-0.2, 0) is 0 Å². The first-order valence-corrected chi connectivity index (χ1v) is 2.67. The summed E-state index contributed by atoms with van der Waals surface area (Å²) >= 11 is 0. The molecule has 0 saturated carbocycles. The number of hydrogen-bond acceptors (Lipinski definition) is 1. The van der Waals surface area contributed by atoms with E-state index in [0.717, 1.165) is 0 Å². The second-order valence-corrected chi connectivity index (χ2v) is 1.80. The third-order valence-electron chi connectivity index (χ3n) is 1.18. The van der Waals surface area contributed by atoms with Crippen molar-refractivity contribution in [3.8, 4) is 0 Å². The second-order valence-electron chi connectivity index (χ2n) is 1.80. The first-order valence-electron chi connectivity index (χ1n) is 6.51. The van der Waals surface area contributed by atoms with Gasteiger partial charge >= 0.3 is 0 Å². The minimum atomic E-state index is -0.534. The van der Waals surface area contributed by atoms with Crippen LogP contribution >= 0.6 is 0 Å². The zero-order chi connectivity index (χ0) is 13.8. The van der Waals surface area contributed by atoms with Crippen LogP contribution in [0.4, 0.5) is 5.69 Å². The fraction of sp³-hybridized carbons (Fsp3) is 0. The van der Waals surface area contributed by atoms with Crippen molar-refractivity contribution in [3.05, 3.63) is 30.3 Å². The normalized spacial score (nSPS) is 21.2. The molecule has 50 valence electrons. The van der Waals surface area contributed by atoms with Crippen molar-refractivity contribution in [1.29, 1.82) is 0 Å². The van der Waals surface area contributed by atoms with E-state index in [1.54, 1.807) is 0 Å². The zero-order valence-electron chi connectivity index (χ0n) is 12.9. The van der Waals surface area contributed by atoms with Gasteiger partial charge in [0.15, 0.2) is 4.24 Å². The summed E-state index contributed by atoms with van der Waals surface area (Å²) < 4.78 is 59.9. The molecule has 10 heavy (non-hydrogen) atoms. The Morgan fingerprint density at radius 1 is 1.60 bits per heavy atom. The summed E-state index contributed by atoms with van der Waals surface area (Å²) in [5.41, 5.74) is -0.499. The van der Waals surface area contributed by atoms with Crippen molar-refractivity contribution in [2.24, 2.45) is 0 Å². The Labute approximate surface area is 70.1 Å². The Hall–Kier alpha value is -1.44.